The number of aliphatic hydroxyl groups excluding tert-OH is 1. The molecule has 20 heavy (non-hydrogen) atoms. The minimum Gasteiger partial charge on any atom is -0.464 e. The van der Waals surface area contributed by atoms with Crippen LogP contribution in [0.3, 0.4) is 0 Å². The van der Waals surface area contributed by atoms with Gasteiger partial charge in [-0.15, -0.1) is 0 Å². The quantitative estimate of drug-likeness (QED) is 0.922. The molecule has 1 aromatic carbocycles. The Hall–Kier alpha value is -1.72. The van der Waals surface area contributed by atoms with E-state index in [4.69, 9.17) is 4.42 Å². The second-order valence-electron chi connectivity index (χ2n) is 4.95. The molecule has 1 N–H and O–H groups in total. The second kappa shape index (κ2) is 4.40. The second-order valence-corrected chi connectivity index (χ2v) is 5.96. The maximum absolute atomic E-state index is 10.1. The fourth-order valence-corrected chi connectivity index (χ4v) is 3.87. The smallest absolute Gasteiger partial charge is 0.168 e. The van der Waals surface area contributed by atoms with E-state index in [0.717, 1.165) is 45.4 Å². The fraction of sp³-hybridized carbons (Fsp3) is 0.267. The van der Waals surface area contributed by atoms with Crippen LogP contribution in [0.4, 0.5) is 0 Å². The highest BCUT2D eigenvalue weighted by Crippen LogP contribution is 2.44. The van der Waals surface area contributed by atoms with Gasteiger partial charge in [0.2, 0.25) is 0 Å². The molecule has 0 saturated carbocycles. The van der Waals surface area contributed by atoms with Gasteiger partial charge in [-0.1, -0.05) is 23.9 Å². The summed E-state index contributed by atoms with van der Waals surface area (Å²) < 4.78 is 5.65. The Morgan fingerprint density at radius 2 is 2.30 bits per heavy atom. The lowest BCUT2D eigenvalue weighted by molar-refractivity contribution is 0.240. The van der Waals surface area contributed by atoms with E-state index >= 15 is 0 Å². The highest BCUT2D eigenvalue weighted by Gasteiger charge is 2.35. The van der Waals surface area contributed by atoms with Crippen LogP contribution >= 0.6 is 11.8 Å². The van der Waals surface area contributed by atoms with Crippen molar-refractivity contribution < 1.29 is 9.52 Å². The van der Waals surface area contributed by atoms with Crippen LogP contribution in [0.5, 0.6) is 0 Å². The van der Waals surface area contributed by atoms with Crippen LogP contribution < -0.4 is 0 Å². The van der Waals surface area contributed by atoms with Crippen molar-refractivity contribution in [3.8, 4) is 0 Å². The molecule has 102 valence electrons. The molecule has 0 spiro atoms. The van der Waals surface area contributed by atoms with Gasteiger partial charge in [0.25, 0.3) is 0 Å². The first-order chi connectivity index (χ1) is 9.75. The van der Waals surface area contributed by atoms with Crippen LogP contribution in [-0.4, -0.2) is 34.4 Å². The molecule has 2 aliphatic heterocycles. The summed E-state index contributed by atoms with van der Waals surface area (Å²) in [6, 6.07) is 8.07. The summed E-state index contributed by atoms with van der Waals surface area (Å²) in [5.74, 6) is 0. The van der Waals surface area contributed by atoms with Crippen molar-refractivity contribution in [2.24, 2.45) is 4.99 Å². The summed E-state index contributed by atoms with van der Waals surface area (Å²) in [7, 11) is 0. The zero-order valence-electron chi connectivity index (χ0n) is 11.0. The van der Waals surface area contributed by atoms with Crippen molar-refractivity contribution in [3.05, 3.63) is 41.0 Å². The number of hydrogen-bond donors (Lipinski definition) is 1. The van der Waals surface area contributed by atoms with Gasteiger partial charge in [-0.2, -0.15) is 0 Å². The Labute approximate surface area is 120 Å². The van der Waals surface area contributed by atoms with Crippen LogP contribution in [0.2, 0.25) is 0 Å². The molecular weight excluding hydrogens is 272 g/mol. The number of amidine groups is 1. The summed E-state index contributed by atoms with van der Waals surface area (Å²) in [5.41, 5.74) is 2.94. The van der Waals surface area contributed by atoms with E-state index in [1.165, 1.54) is 0 Å². The lowest BCUT2D eigenvalue weighted by atomic mass is 10.1. The van der Waals surface area contributed by atoms with Crippen molar-refractivity contribution in [2.45, 2.75) is 13.0 Å². The number of nitrogens with zero attached hydrogens (tertiary/aromatic N) is 2. The Morgan fingerprint density at radius 1 is 1.40 bits per heavy atom. The summed E-state index contributed by atoms with van der Waals surface area (Å²) >= 11 is 1.57. The van der Waals surface area contributed by atoms with Crippen molar-refractivity contribution in [2.75, 3.05) is 13.1 Å². The number of aliphatic hydroxyl groups is 1. The molecule has 5 heteroatoms. The summed E-state index contributed by atoms with van der Waals surface area (Å²) in [5, 5.41) is 12.1. The Bertz CT molecular complexity index is 745. The molecule has 2 aliphatic rings. The number of fused-ring (bicyclic) bond motifs is 2. The molecule has 3 heterocycles. The maximum atomic E-state index is 10.1. The van der Waals surface area contributed by atoms with E-state index in [0.29, 0.717) is 0 Å². The molecule has 1 atom stereocenters. The molecule has 4 rings (SSSR count). The number of rotatable bonds is 2. The van der Waals surface area contributed by atoms with Crippen molar-refractivity contribution >= 4 is 33.6 Å². The number of hydrogen-bond acceptors (Lipinski definition) is 5. The van der Waals surface area contributed by atoms with Gasteiger partial charge >= 0.3 is 0 Å². The monoisotopic (exact) mass is 286 g/mol. The number of aliphatic imine (C=N–C) groups is 1. The molecule has 4 nitrogen and oxygen atoms in total. The van der Waals surface area contributed by atoms with Crippen molar-refractivity contribution in [1.82, 2.24) is 4.90 Å². The minimum absolute atomic E-state index is 0.506. The zero-order chi connectivity index (χ0) is 13.7. The van der Waals surface area contributed by atoms with E-state index in [1.807, 2.05) is 24.3 Å². The fourth-order valence-electron chi connectivity index (χ4n) is 2.74. The van der Waals surface area contributed by atoms with E-state index < -0.39 is 6.10 Å². The van der Waals surface area contributed by atoms with Crippen LogP contribution in [0.15, 0.2) is 44.8 Å². The zero-order valence-corrected chi connectivity index (χ0v) is 11.9. The molecule has 0 radical (unpaired) electrons. The molecule has 0 amide bonds. The van der Waals surface area contributed by atoms with Gasteiger partial charge in [0, 0.05) is 22.4 Å². The van der Waals surface area contributed by atoms with Gasteiger partial charge in [-0.3, -0.25) is 4.99 Å². The normalized spacial score (nSPS) is 19.7. The van der Waals surface area contributed by atoms with E-state index in [9.17, 15) is 5.11 Å². The standard InChI is InChI=1S/C15H14N2O2S/c1-9(18)14-12(17-7-6-16-15(17)20-14)11-4-2-3-10-5-8-19-13(10)11/h2-5,8-9,18H,6-7H2,1H3. The summed E-state index contributed by atoms with van der Waals surface area (Å²) in [4.78, 5) is 7.63. The van der Waals surface area contributed by atoms with Crippen molar-refractivity contribution in [1.29, 1.82) is 0 Å². The van der Waals surface area contributed by atoms with Gasteiger partial charge in [0.1, 0.15) is 5.58 Å². The molecule has 0 aliphatic carbocycles. The molecule has 1 aromatic heterocycles. The predicted octanol–water partition coefficient (Wildman–Crippen LogP) is 2.90. The molecule has 2 aromatic rings. The lowest BCUT2D eigenvalue weighted by Gasteiger charge is -2.18. The van der Waals surface area contributed by atoms with Crippen LogP contribution in [0.1, 0.15) is 12.5 Å². The maximum Gasteiger partial charge on any atom is 0.168 e. The number of benzene rings is 1. The Kier molecular flexibility index (Phi) is 2.65. The average Bonchev–Trinajstić information content (AvgIpc) is 3.12. The molecule has 0 bridgehead atoms. The number of thioether (sulfide) groups is 1. The van der Waals surface area contributed by atoms with Gasteiger partial charge in [-0.25, -0.2) is 0 Å². The van der Waals surface area contributed by atoms with Crippen LogP contribution in [0.25, 0.3) is 16.7 Å². The largest absolute Gasteiger partial charge is 0.464 e. The Balaban J connectivity index is 1.96. The average molecular weight is 286 g/mol. The first-order valence-corrected chi connectivity index (χ1v) is 7.46. The van der Waals surface area contributed by atoms with Crippen LogP contribution in [0, 0.1) is 0 Å². The van der Waals surface area contributed by atoms with E-state index in [1.54, 1.807) is 24.9 Å². The number of furan rings is 1. The third-order valence-electron chi connectivity index (χ3n) is 3.62. The third-order valence-corrected chi connectivity index (χ3v) is 4.91. The van der Waals surface area contributed by atoms with Gasteiger partial charge in [0.05, 0.1) is 24.6 Å². The molecule has 0 saturated heterocycles. The van der Waals surface area contributed by atoms with Gasteiger partial charge < -0.3 is 14.4 Å². The van der Waals surface area contributed by atoms with Crippen LogP contribution in [-0.2, 0) is 0 Å². The lowest BCUT2D eigenvalue weighted by Crippen LogP contribution is -2.20. The highest BCUT2D eigenvalue weighted by atomic mass is 32.2. The first-order valence-electron chi connectivity index (χ1n) is 6.64. The molecule has 1 unspecified atom stereocenters. The molecular formula is C15H14N2O2S. The van der Waals surface area contributed by atoms with Gasteiger partial charge in [0.15, 0.2) is 5.17 Å². The summed E-state index contributed by atoms with van der Waals surface area (Å²) in [6.07, 6.45) is 1.20. The topological polar surface area (TPSA) is 49.0 Å². The SMILES string of the molecule is CC(O)C1=C(c2cccc3ccoc23)N2CCN=C2S1. The van der Waals surface area contributed by atoms with E-state index in [-0.39, 0.29) is 0 Å². The summed E-state index contributed by atoms with van der Waals surface area (Å²) in [6.45, 7) is 3.48. The highest BCUT2D eigenvalue weighted by molar-refractivity contribution is 8.17. The first kappa shape index (κ1) is 12.1. The van der Waals surface area contributed by atoms with E-state index in [2.05, 4.69) is 9.89 Å². The van der Waals surface area contributed by atoms with Crippen molar-refractivity contribution in [3.63, 3.8) is 0 Å². The number of para-hydroxylation sites is 1. The molecule has 0 fully saturated rings. The Morgan fingerprint density at radius 3 is 3.15 bits per heavy atom. The minimum atomic E-state index is -0.506. The van der Waals surface area contributed by atoms with Gasteiger partial charge in [-0.05, 0) is 19.1 Å². The third kappa shape index (κ3) is 1.63. The predicted molar refractivity (Wildman–Crippen MR) is 81.4 cm³/mol.